The van der Waals surface area contributed by atoms with Crippen LogP contribution in [0.4, 0.5) is 0 Å². The van der Waals surface area contributed by atoms with Crippen LogP contribution in [0.2, 0.25) is 10.0 Å². The molecule has 2 aliphatic rings. The van der Waals surface area contributed by atoms with Gasteiger partial charge in [-0.15, -0.1) is 0 Å². The molecule has 3 nitrogen and oxygen atoms in total. The number of halogens is 2. The molecule has 2 fully saturated rings. The number of carbonyl (C=O) groups is 1. The van der Waals surface area contributed by atoms with E-state index in [2.05, 4.69) is 0 Å². The van der Waals surface area contributed by atoms with E-state index < -0.39 is 11.4 Å². The average Bonchev–Trinajstić information content (AvgIpc) is 3.39. The molecule has 2 saturated carbocycles. The third-order valence-corrected chi connectivity index (χ3v) is 6.29. The fourth-order valence-electron chi connectivity index (χ4n) is 3.49. The van der Waals surface area contributed by atoms with E-state index in [-0.39, 0.29) is 0 Å². The lowest BCUT2D eigenvalue weighted by molar-refractivity contribution is -0.147. The fraction of sp³-hybridized carbons (Fsp3) is 0.381. The van der Waals surface area contributed by atoms with Gasteiger partial charge in [-0.2, -0.15) is 0 Å². The minimum atomic E-state index is -0.770. The molecular weight excluding hydrogens is 371 g/mol. The standard InChI is InChI=1S/C21H20Cl2O3/c22-17-7-4-14(10-18(17)23)16-6-5-15(21(20(24)25)8-1-9-21)11-19(16)26-12-13-2-3-13/h4-7,10-11,13H,1-3,8-9,12H2,(H,24,25). The molecule has 0 unspecified atom stereocenters. The van der Waals surface area contributed by atoms with Gasteiger partial charge in [0.05, 0.1) is 22.1 Å². The second-order valence-electron chi connectivity index (χ2n) is 7.34. The van der Waals surface area contributed by atoms with Crippen LogP contribution in [0, 0.1) is 5.92 Å². The summed E-state index contributed by atoms with van der Waals surface area (Å²) in [5, 5.41) is 10.7. The van der Waals surface area contributed by atoms with E-state index in [9.17, 15) is 9.90 Å². The molecule has 0 radical (unpaired) electrons. The Labute approximate surface area is 162 Å². The molecule has 2 aliphatic carbocycles. The molecule has 0 aliphatic heterocycles. The van der Waals surface area contributed by atoms with Gasteiger partial charge < -0.3 is 9.84 Å². The lowest BCUT2D eigenvalue weighted by Gasteiger charge is -2.38. The van der Waals surface area contributed by atoms with Crippen LogP contribution in [0.3, 0.4) is 0 Å². The molecule has 0 saturated heterocycles. The van der Waals surface area contributed by atoms with Gasteiger partial charge in [0.2, 0.25) is 0 Å². The molecule has 0 amide bonds. The molecule has 0 aromatic heterocycles. The van der Waals surface area contributed by atoms with Gasteiger partial charge >= 0.3 is 5.97 Å². The Bertz CT molecular complexity index is 854. The van der Waals surface area contributed by atoms with Crippen molar-refractivity contribution >= 4 is 29.2 Å². The Morgan fingerprint density at radius 1 is 1.12 bits per heavy atom. The number of carboxylic acids is 1. The Morgan fingerprint density at radius 2 is 1.88 bits per heavy atom. The second-order valence-corrected chi connectivity index (χ2v) is 8.15. The van der Waals surface area contributed by atoms with Gasteiger partial charge in [0.1, 0.15) is 5.75 Å². The number of benzene rings is 2. The highest BCUT2D eigenvalue weighted by atomic mass is 35.5. The van der Waals surface area contributed by atoms with E-state index >= 15 is 0 Å². The summed E-state index contributed by atoms with van der Waals surface area (Å²) >= 11 is 12.2. The van der Waals surface area contributed by atoms with Gasteiger partial charge in [-0.05, 0) is 60.9 Å². The minimum Gasteiger partial charge on any atom is -0.493 e. The fourth-order valence-corrected chi connectivity index (χ4v) is 3.79. The molecule has 1 N–H and O–H groups in total. The largest absolute Gasteiger partial charge is 0.493 e. The van der Waals surface area contributed by atoms with Gasteiger partial charge in [0.25, 0.3) is 0 Å². The van der Waals surface area contributed by atoms with Crippen molar-refractivity contribution < 1.29 is 14.6 Å². The summed E-state index contributed by atoms with van der Waals surface area (Å²) in [6.45, 7) is 0.665. The van der Waals surface area contributed by atoms with Crippen molar-refractivity contribution in [2.24, 2.45) is 5.92 Å². The van der Waals surface area contributed by atoms with Crippen LogP contribution in [-0.2, 0) is 10.2 Å². The molecule has 2 aromatic carbocycles. The van der Waals surface area contributed by atoms with Crippen molar-refractivity contribution in [3.05, 3.63) is 52.0 Å². The van der Waals surface area contributed by atoms with E-state index in [0.717, 1.165) is 28.9 Å². The maximum absolute atomic E-state index is 11.9. The summed E-state index contributed by atoms with van der Waals surface area (Å²) in [7, 11) is 0. The maximum atomic E-state index is 11.9. The van der Waals surface area contributed by atoms with Crippen molar-refractivity contribution in [2.75, 3.05) is 6.61 Å². The lowest BCUT2D eigenvalue weighted by Crippen LogP contribution is -2.42. The predicted molar refractivity (Wildman–Crippen MR) is 103 cm³/mol. The topological polar surface area (TPSA) is 46.5 Å². The van der Waals surface area contributed by atoms with Gasteiger partial charge in [0, 0.05) is 5.56 Å². The van der Waals surface area contributed by atoms with Gasteiger partial charge in [-0.3, -0.25) is 4.79 Å². The highest BCUT2D eigenvalue weighted by Gasteiger charge is 2.46. The first-order chi connectivity index (χ1) is 12.5. The van der Waals surface area contributed by atoms with Crippen LogP contribution < -0.4 is 4.74 Å². The van der Waals surface area contributed by atoms with Crippen LogP contribution in [0.15, 0.2) is 36.4 Å². The molecule has 0 atom stereocenters. The molecule has 4 rings (SSSR count). The quantitative estimate of drug-likeness (QED) is 0.661. The zero-order valence-corrected chi connectivity index (χ0v) is 15.8. The normalized spacial score (nSPS) is 18.2. The molecule has 2 aromatic rings. The first-order valence-electron chi connectivity index (χ1n) is 8.96. The molecule has 0 heterocycles. The van der Waals surface area contributed by atoms with E-state index in [0.29, 0.717) is 35.4 Å². The van der Waals surface area contributed by atoms with E-state index in [1.54, 1.807) is 6.07 Å². The van der Waals surface area contributed by atoms with Crippen LogP contribution >= 0.6 is 23.2 Å². The number of ether oxygens (including phenoxy) is 1. The molecule has 0 spiro atoms. The number of hydrogen-bond acceptors (Lipinski definition) is 2. The highest BCUT2D eigenvalue weighted by molar-refractivity contribution is 6.42. The zero-order chi connectivity index (χ0) is 18.3. The summed E-state index contributed by atoms with van der Waals surface area (Å²) < 4.78 is 6.10. The van der Waals surface area contributed by atoms with Crippen LogP contribution in [0.25, 0.3) is 11.1 Å². The highest BCUT2D eigenvalue weighted by Crippen LogP contribution is 2.46. The summed E-state index contributed by atoms with van der Waals surface area (Å²) in [5.74, 6) is 0.581. The number of aliphatic carboxylic acids is 1. The Balaban J connectivity index is 1.74. The van der Waals surface area contributed by atoms with Gasteiger partial charge in [-0.25, -0.2) is 0 Å². The lowest BCUT2D eigenvalue weighted by atomic mass is 9.64. The molecular formula is C21H20Cl2O3. The van der Waals surface area contributed by atoms with Crippen molar-refractivity contribution in [3.63, 3.8) is 0 Å². The predicted octanol–water partition coefficient (Wildman–Crippen LogP) is 5.96. The second kappa shape index (κ2) is 6.79. The molecule has 136 valence electrons. The van der Waals surface area contributed by atoms with Gasteiger partial charge in [0.15, 0.2) is 0 Å². The van der Waals surface area contributed by atoms with Crippen molar-refractivity contribution in [1.29, 1.82) is 0 Å². The van der Waals surface area contributed by atoms with Crippen LogP contribution in [0.1, 0.15) is 37.7 Å². The van der Waals surface area contributed by atoms with E-state index in [1.165, 1.54) is 12.8 Å². The Morgan fingerprint density at radius 3 is 2.46 bits per heavy atom. The van der Waals surface area contributed by atoms with E-state index in [4.69, 9.17) is 27.9 Å². The average molecular weight is 391 g/mol. The van der Waals surface area contributed by atoms with E-state index in [1.807, 2.05) is 30.3 Å². The Hall–Kier alpha value is -1.71. The third-order valence-electron chi connectivity index (χ3n) is 5.55. The summed E-state index contributed by atoms with van der Waals surface area (Å²) in [6.07, 6.45) is 4.69. The van der Waals surface area contributed by atoms with Crippen molar-refractivity contribution in [1.82, 2.24) is 0 Å². The summed E-state index contributed by atoms with van der Waals surface area (Å²) in [4.78, 5) is 11.9. The molecule has 0 bridgehead atoms. The summed E-state index contributed by atoms with van der Waals surface area (Å²) in [6, 6.07) is 11.3. The maximum Gasteiger partial charge on any atom is 0.314 e. The third kappa shape index (κ3) is 3.19. The first kappa shape index (κ1) is 17.7. The first-order valence-corrected chi connectivity index (χ1v) is 9.71. The number of hydrogen-bond donors (Lipinski definition) is 1. The smallest absolute Gasteiger partial charge is 0.314 e. The SMILES string of the molecule is O=C(O)C1(c2ccc(-c3ccc(Cl)c(Cl)c3)c(OCC3CC3)c2)CCC1. The van der Waals surface area contributed by atoms with Crippen LogP contribution in [0.5, 0.6) is 5.75 Å². The number of carboxylic acid groups (broad SMARTS) is 1. The molecule has 26 heavy (non-hydrogen) atoms. The van der Waals surface area contributed by atoms with Crippen molar-refractivity contribution in [2.45, 2.75) is 37.5 Å². The van der Waals surface area contributed by atoms with Gasteiger partial charge in [-0.1, -0.05) is 47.8 Å². The summed E-state index contributed by atoms with van der Waals surface area (Å²) in [5.41, 5.74) is 1.88. The minimum absolute atomic E-state index is 0.488. The number of rotatable bonds is 6. The van der Waals surface area contributed by atoms with Crippen molar-refractivity contribution in [3.8, 4) is 16.9 Å². The monoisotopic (exact) mass is 390 g/mol. The zero-order valence-electron chi connectivity index (χ0n) is 14.3. The Kier molecular flexibility index (Phi) is 4.62. The van der Waals surface area contributed by atoms with Crippen LogP contribution in [-0.4, -0.2) is 17.7 Å². The molecule has 5 heteroatoms.